The molecule has 2 aromatic rings. The first-order valence-corrected chi connectivity index (χ1v) is 8.11. The Bertz CT molecular complexity index is 733. The van der Waals surface area contributed by atoms with Crippen LogP contribution in [0.3, 0.4) is 0 Å². The van der Waals surface area contributed by atoms with Gasteiger partial charge in [0.25, 0.3) is 5.91 Å². The average molecular weight is 349 g/mol. The molecule has 2 rings (SSSR count). The molecule has 0 spiro atoms. The number of hydrogen-bond acceptors (Lipinski definition) is 5. The Morgan fingerprint density at radius 3 is 2.54 bits per heavy atom. The van der Waals surface area contributed by atoms with E-state index in [1.165, 1.54) is 7.11 Å². The standard InChI is InChI=1S/C17H21ClN4O2/c1-5-22(6-2)16-10-14(19-11(3)20-16)17(23)21-12-7-8-15(24-4)13(18)9-12/h7-10H,5-6H2,1-4H3,(H,21,23). The number of anilines is 2. The predicted molar refractivity (Wildman–Crippen MR) is 96.3 cm³/mol. The molecular weight excluding hydrogens is 328 g/mol. The van der Waals surface area contributed by atoms with Crippen LogP contribution >= 0.6 is 11.6 Å². The molecule has 0 unspecified atom stereocenters. The van der Waals surface area contributed by atoms with Gasteiger partial charge in [0.05, 0.1) is 12.1 Å². The molecule has 128 valence electrons. The molecule has 24 heavy (non-hydrogen) atoms. The van der Waals surface area contributed by atoms with E-state index in [1.54, 1.807) is 31.2 Å². The van der Waals surface area contributed by atoms with Crippen LogP contribution in [0.2, 0.25) is 5.02 Å². The third-order valence-corrected chi connectivity index (χ3v) is 3.85. The summed E-state index contributed by atoms with van der Waals surface area (Å²) in [6, 6.07) is 6.75. The zero-order valence-electron chi connectivity index (χ0n) is 14.3. The van der Waals surface area contributed by atoms with Crippen molar-refractivity contribution in [3.63, 3.8) is 0 Å². The van der Waals surface area contributed by atoms with E-state index < -0.39 is 0 Å². The number of ether oxygens (including phenoxy) is 1. The molecule has 0 aliphatic carbocycles. The molecule has 0 radical (unpaired) electrons. The molecule has 6 nitrogen and oxygen atoms in total. The van der Waals surface area contributed by atoms with E-state index in [9.17, 15) is 4.79 Å². The number of amides is 1. The van der Waals surface area contributed by atoms with Crippen LogP contribution in [0, 0.1) is 6.92 Å². The molecule has 0 atom stereocenters. The molecule has 1 N–H and O–H groups in total. The van der Waals surface area contributed by atoms with Crippen molar-refractivity contribution in [2.75, 3.05) is 30.4 Å². The van der Waals surface area contributed by atoms with E-state index in [1.807, 2.05) is 13.8 Å². The van der Waals surface area contributed by atoms with Gasteiger partial charge in [-0.05, 0) is 39.0 Å². The van der Waals surface area contributed by atoms with Crippen molar-refractivity contribution < 1.29 is 9.53 Å². The second-order valence-electron chi connectivity index (χ2n) is 5.13. The lowest BCUT2D eigenvalue weighted by Crippen LogP contribution is -2.24. The van der Waals surface area contributed by atoms with Crippen molar-refractivity contribution >= 4 is 29.0 Å². The molecule has 0 aliphatic rings. The Morgan fingerprint density at radius 2 is 1.96 bits per heavy atom. The molecule has 0 fully saturated rings. The zero-order chi connectivity index (χ0) is 17.7. The van der Waals surface area contributed by atoms with Crippen LogP contribution in [0.15, 0.2) is 24.3 Å². The van der Waals surface area contributed by atoms with Gasteiger partial charge in [0, 0.05) is 24.8 Å². The fourth-order valence-electron chi connectivity index (χ4n) is 2.32. The summed E-state index contributed by atoms with van der Waals surface area (Å²) in [5.41, 5.74) is 0.891. The number of aryl methyl sites for hydroxylation is 1. The number of rotatable bonds is 6. The highest BCUT2D eigenvalue weighted by atomic mass is 35.5. The summed E-state index contributed by atoms with van der Waals surface area (Å²) in [5.74, 6) is 1.54. The van der Waals surface area contributed by atoms with Crippen molar-refractivity contribution in [2.45, 2.75) is 20.8 Å². The minimum absolute atomic E-state index is 0.310. The van der Waals surface area contributed by atoms with Crippen LogP contribution in [-0.4, -0.2) is 36.1 Å². The Kier molecular flexibility index (Phi) is 5.98. The Balaban J connectivity index is 2.25. The van der Waals surface area contributed by atoms with Crippen LogP contribution in [0.1, 0.15) is 30.2 Å². The maximum absolute atomic E-state index is 12.5. The molecule has 1 amide bonds. The number of nitrogens with one attached hydrogen (secondary N) is 1. The minimum Gasteiger partial charge on any atom is -0.495 e. The number of hydrogen-bond donors (Lipinski definition) is 1. The smallest absolute Gasteiger partial charge is 0.274 e. The summed E-state index contributed by atoms with van der Waals surface area (Å²) in [6.45, 7) is 7.47. The number of aromatic nitrogens is 2. The lowest BCUT2D eigenvalue weighted by Gasteiger charge is -2.20. The lowest BCUT2D eigenvalue weighted by atomic mass is 10.2. The number of halogens is 1. The third kappa shape index (κ3) is 4.14. The summed E-state index contributed by atoms with van der Waals surface area (Å²) in [5, 5.41) is 3.22. The van der Waals surface area contributed by atoms with Crippen molar-refractivity contribution in [1.29, 1.82) is 0 Å². The van der Waals surface area contributed by atoms with E-state index in [2.05, 4.69) is 20.2 Å². The average Bonchev–Trinajstić information content (AvgIpc) is 2.55. The van der Waals surface area contributed by atoms with Crippen molar-refractivity contribution in [3.05, 3.63) is 40.8 Å². The first-order chi connectivity index (χ1) is 11.5. The number of nitrogens with zero attached hydrogens (tertiary/aromatic N) is 3. The van der Waals surface area contributed by atoms with Gasteiger partial charge in [0.2, 0.25) is 0 Å². The molecule has 1 aromatic heterocycles. The number of carbonyl (C=O) groups is 1. The summed E-state index contributed by atoms with van der Waals surface area (Å²) in [4.78, 5) is 23.2. The van der Waals surface area contributed by atoms with Crippen molar-refractivity contribution in [2.24, 2.45) is 0 Å². The van der Waals surface area contributed by atoms with Crippen LogP contribution in [-0.2, 0) is 0 Å². The van der Waals surface area contributed by atoms with Gasteiger partial charge in [0.15, 0.2) is 0 Å². The van der Waals surface area contributed by atoms with Crippen LogP contribution in [0.25, 0.3) is 0 Å². The largest absolute Gasteiger partial charge is 0.495 e. The highest BCUT2D eigenvalue weighted by Gasteiger charge is 2.14. The lowest BCUT2D eigenvalue weighted by molar-refractivity contribution is 0.102. The van der Waals surface area contributed by atoms with Crippen molar-refractivity contribution in [3.8, 4) is 5.75 Å². The summed E-state index contributed by atoms with van der Waals surface area (Å²) in [7, 11) is 1.54. The van der Waals surface area contributed by atoms with Gasteiger partial charge >= 0.3 is 0 Å². The van der Waals surface area contributed by atoms with Gasteiger partial charge in [-0.1, -0.05) is 11.6 Å². The maximum atomic E-state index is 12.5. The van der Waals surface area contributed by atoms with E-state index >= 15 is 0 Å². The van der Waals surface area contributed by atoms with Gasteiger partial charge in [-0.3, -0.25) is 4.79 Å². The molecule has 1 aromatic carbocycles. The first-order valence-electron chi connectivity index (χ1n) is 7.74. The Morgan fingerprint density at radius 1 is 1.25 bits per heavy atom. The molecular formula is C17H21ClN4O2. The summed E-state index contributed by atoms with van der Waals surface area (Å²) in [6.07, 6.45) is 0. The quantitative estimate of drug-likeness (QED) is 0.864. The normalized spacial score (nSPS) is 10.4. The Hall–Kier alpha value is -2.34. The van der Waals surface area contributed by atoms with Crippen LogP contribution in [0.5, 0.6) is 5.75 Å². The van der Waals surface area contributed by atoms with Gasteiger partial charge in [-0.2, -0.15) is 0 Å². The molecule has 0 aliphatic heterocycles. The van der Waals surface area contributed by atoms with Crippen LogP contribution in [0.4, 0.5) is 11.5 Å². The molecule has 0 saturated heterocycles. The minimum atomic E-state index is -0.310. The monoisotopic (exact) mass is 348 g/mol. The fourth-order valence-corrected chi connectivity index (χ4v) is 2.57. The number of methoxy groups -OCH3 is 1. The van der Waals surface area contributed by atoms with Gasteiger partial charge < -0.3 is 15.0 Å². The molecule has 0 bridgehead atoms. The highest BCUT2D eigenvalue weighted by Crippen LogP contribution is 2.27. The van der Waals surface area contributed by atoms with Gasteiger partial charge in [-0.15, -0.1) is 0 Å². The number of benzene rings is 1. The first kappa shape index (κ1) is 18.0. The maximum Gasteiger partial charge on any atom is 0.274 e. The van der Waals surface area contributed by atoms with E-state index in [0.29, 0.717) is 28.0 Å². The second-order valence-corrected chi connectivity index (χ2v) is 5.54. The van der Waals surface area contributed by atoms with Crippen LogP contribution < -0.4 is 15.0 Å². The third-order valence-electron chi connectivity index (χ3n) is 3.55. The van der Waals surface area contributed by atoms with Gasteiger partial charge in [-0.25, -0.2) is 9.97 Å². The number of carbonyl (C=O) groups excluding carboxylic acids is 1. The van der Waals surface area contributed by atoms with E-state index in [0.717, 1.165) is 18.9 Å². The zero-order valence-corrected chi connectivity index (χ0v) is 15.0. The van der Waals surface area contributed by atoms with Crippen molar-refractivity contribution in [1.82, 2.24) is 9.97 Å². The highest BCUT2D eigenvalue weighted by molar-refractivity contribution is 6.32. The Labute approximate surface area is 146 Å². The van der Waals surface area contributed by atoms with Gasteiger partial charge in [0.1, 0.15) is 23.1 Å². The summed E-state index contributed by atoms with van der Waals surface area (Å²) < 4.78 is 5.10. The molecule has 1 heterocycles. The molecule has 7 heteroatoms. The van der Waals surface area contributed by atoms with E-state index in [4.69, 9.17) is 16.3 Å². The fraction of sp³-hybridized carbons (Fsp3) is 0.353. The predicted octanol–water partition coefficient (Wildman–Crippen LogP) is 3.55. The van der Waals surface area contributed by atoms with E-state index in [-0.39, 0.29) is 5.91 Å². The molecule has 0 saturated carbocycles. The topological polar surface area (TPSA) is 67.4 Å². The SMILES string of the molecule is CCN(CC)c1cc(C(=O)Nc2ccc(OC)c(Cl)c2)nc(C)n1. The summed E-state index contributed by atoms with van der Waals surface area (Å²) >= 11 is 6.08. The second kappa shape index (κ2) is 7.97.